The van der Waals surface area contributed by atoms with Crippen molar-refractivity contribution in [2.24, 2.45) is 0 Å². The zero-order valence-electron chi connectivity index (χ0n) is 17.2. The van der Waals surface area contributed by atoms with Crippen molar-refractivity contribution < 1.29 is 18.7 Å². The summed E-state index contributed by atoms with van der Waals surface area (Å²) in [5.74, 6) is -1.03. The van der Waals surface area contributed by atoms with Crippen molar-refractivity contribution in [3.8, 4) is 0 Å². The van der Waals surface area contributed by atoms with E-state index in [0.29, 0.717) is 24.3 Å². The predicted octanol–water partition coefficient (Wildman–Crippen LogP) is 3.64. The van der Waals surface area contributed by atoms with E-state index in [9.17, 15) is 14.0 Å². The van der Waals surface area contributed by atoms with Crippen LogP contribution in [0.4, 0.5) is 4.39 Å². The minimum absolute atomic E-state index is 0.0392. The summed E-state index contributed by atoms with van der Waals surface area (Å²) in [6.07, 6.45) is 3.48. The fourth-order valence-electron chi connectivity index (χ4n) is 5.10. The molecule has 2 aromatic carbocycles. The molecular formula is C24H27FN2O3. The monoisotopic (exact) mass is 410 g/mol. The van der Waals surface area contributed by atoms with Gasteiger partial charge in [-0.05, 0) is 30.5 Å². The van der Waals surface area contributed by atoms with Crippen LogP contribution in [0, 0.1) is 5.82 Å². The summed E-state index contributed by atoms with van der Waals surface area (Å²) in [4.78, 5) is 28.8. The van der Waals surface area contributed by atoms with Gasteiger partial charge in [0.15, 0.2) is 0 Å². The largest absolute Gasteiger partial charge is 0.383 e. The molecule has 4 rings (SSSR count). The number of carbonyl (C=O) groups is 2. The lowest BCUT2D eigenvalue weighted by molar-refractivity contribution is -0.126. The average Bonchev–Trinajstić information content (AvgIpc) is 3.23. The van der Waals surface area contributed by atoms with Gasteiger partial charge in [0.25, 0.3) is 5.91 Å². The summed E-state index contributed by atoms with van der Waals surface area (Å²) in [6, 6.07) is 13.8. The number of fused-ring (bicyclic) bond motifs is 1. The van der Waals surface area contributed by atoms with Crippen molar-refractivity contribution in [1.82, 2.24) is 10.2 Å². The first-order valence-electron chi connectivity index (χ1n) is 10.5. The number of methoxy groups -OCH3 is 1. The third-order valence-corrected chi connectivity index (χ3v) is 6.48. The Kier molecular flexibility index (Phi) is 5.86. The van der Waals surface area contributed by atoms with Gasteiger partial charge in [-0.15, -0.1) is 0 Å². The van der Waals surface area contributed by atoms with E-state index >= 15 is 0 Å². The molecule has 0 saturated heterocycles. The summed E-state index contributed by atoms with van der Waals surface area (Å²) in [5.41, 5.74) is 1.22. The van der Waals surface area contributed by atoms with Gasteiger partial charge in [-0.2, -0.15) is 0 Å². The molecule has 1 spiro atoms. The van der Waals surface area contributed by atoms with Crippen molar-refractivity contribution in [2.45, 2.75) is 43.7 Å². The highest BCUT2D eigenvalue weighted by molar-refractivity contribution is 6.02. The van der Waals surface area contributed by atoms with Gasteiger partial charge < -0.3 is 15.0 Å². The molecule has 0 aromatic heterocycles. The van der Waals surface area contributed by atoms with Crippen LogP contribution in [-0.2, 0) is 16.1 Å². The molecule has 6 heteroatoms. The maximum Gasteiger partial charge on any atom is 0.254 e. The van der Waals surface area contributed by atoms with E-state index in [1.165, 1.54) is 6.07 Å². The van der Waals surface area contributed by atoms with Gasteiger partial charge in [-0.3, -0.25) is 9.59 Å². The third kappa shape index (κ3) is 3.49. The zero-order chi connectivity index (χ0) is 21.1. The molecule has 30 heavy (non-hydrogen) atoms. The van der Waals surface area contributed by atoms with Gasteiger partial charge >= 0.3 is 0 Å². The Morgan fingerprint density at radius 1 is 1.17 bits per heavy atom. The number of amides is 2. The van der Waals surface area contributed by atoms with Gasteiger partial charge in [0.1, 0.15) is 5.82 Å². The smallest absolute Gasteiger partial charge is 0.254 e. The lowest BCUT2D eigenvalue weighted by atomic mass is 9.71. The number of halogens is 1. The van der Waals surface area contributed by atoms with Crippen LogP contribution in [-0.4, -0.2) is 42.5 Å². The number of carbonyl (C=O) groups excluding carboxylic acids is 2. The van der Waals surface area contributed by atoms with Crippen LogP contribution in [0.3, 0.4) is 0 Å². The van der Waals surface area contributed by atoms with Gasteiger partial charge in [-0.1, -0.05) is 49.2 Å². The molecule has 2 amide bonds. The highest BCUT2D eigenvalue weighted by atomic mass is 19.1. The molecule has 2 aliphatic rings. The molecular weight excluding hydrogens is 383 g/mol. The first-order chi connectivity index (χ1) is 14.6. The Bertz CT molecular complexity index is 940. The number of rotatable bonds is 6. The summed E-state index contributed by atoms with van der Waals surface area (Å²) < 4.78 is 19.3. The molecule has 0 unspecified atom stereocenters. The number of nitrogens with zero attached hydrogens (tertiary/aromatic N) is 1. The van der Waals surface area contributed by atoms with Gasteiger partial charge in [0.2, 0.25) is 5.91 Å². The van der Waals surface area contributed by atoms with Gasteiger partial charge in [-0.25, -0.2) is 4.39 Å². The average molecular weight is 410 g/mol. The standard InChI is InChI=1S/C24H27FN2O3/c1-30-15-14-27-23(29)19-10-4-3-9-18(19)21(24(27)12-6-7-13-24)22(28)26-16-17-8-2-5-11-20(17)25/h2-5,8-11,21H,6-7,12-16H2,1H3,(H,26,28)/t21-/m0/s1. The maximum absolute atomic E-state index is 14.1. The number of nitrogens with one attached hydrogen (secondary N) is 1. The lowest BCUT2D eigenvalue weighted by Crippen LogP contribution is -2.61. The normalized spacial score (nSPS) is 19.7. The van der Waals surface area contributed by atoms with E-state index in [0.717, 1.165) is 31.2 Å². The lowest BCUT2D eigenvalue weighted by Gasteiger charge is -2.50. The van der Waals surface area contributed by atoms with E-state index < -0.39 is 11.5 Å². The zero-order valence-corrected chi connectivity index (χ0v) is 17.2. The van der Waals surface area contributed by atoms with Crippen molar-refractivity contribution in [1.29, 1.82) is 0 Å². The molecule has 158 valence electrons. The Balaban J connectivity index is 1.71. The highest BCUT2D eigenvalue weighted by Crippen LogP contribution is 2.50. The van der Waals surface area contributed by atoms with Crippen LogP contribution >= 0.6 is 0 Å². The number of hydrogen-bond donors (Lipinski definition) is 1. The van der Waals surface area contributed by atoms with Crippen molar-refractivity contribution in [3.63, 3.8) is 0 Å². The summed E-state index contributed by atoms with van der Waals surface area (Å²) in [7, 11) is 1.61. The second kappa shape index (κ2) is 8.56. The molecule has 1 fully saturated rings. The van der Waals surface area contributed by atoms with E-state index in [-0.39, 0.29) is 24.2 Å². The molecule has 0 radical (unpaired) electrons. The molecule has 5 nitrogen and oxygen atoms in total. The summed E-state index contributed by atoms with van der Waals surface area (Å²) in [5, 5.41) is 2.94. The first kappa shape index (κ1) is 20.5. The topological polar surface area (TPSA) is 58.6 Å². The SMILES string of the molecule is COCCN1C(=O)c2ccccc2[C@@H](C(=O)NCc2ccccc2F)C12CCCC2. The molecule has 1 atom stereocenters. The van der Waals surface area contributed by atoms with Crippen molar-refractivity contribution in [2.75, 3.05) is 20.3 Å². The fraction of sp³-hybridized carbons (Fsp3) is 0.417. The Hall–Kier alpha value is -2.73. The van der Waals surface area contributed by atoms with E-state index in [1.54, 1.807) is 31.4 Å². The Labute approximate surface area is 176 Å². The minimum Gasteiger partial charge on any atom is -0.383 e. The second-order valence-electron chi connectivity index (χ2n) is 8.09. The third-order valence-electron chi connectivity index (χ3n) is 6.48. The predicted molar refractivity (Wildman–Crippen MR) is 112 cm³/mol. The minimum atomic E-state index is -0.566. The number of hydrogen-bond acceptors (Lipinski definition) is 3. The highest BCUT2D eigenvalue weighted by Gasteiger charge is 2.55. The number of benzene rings is 2. The molecule has 1 heterocycles. The molecule has 1 N–H and O–H groups in total. The quantitative estimate of drug-likeness (QED) is 0.791. The van der Waals surface area contributed by atoms with Gasteiger partial charge in [0, 0.05) is 31.3 Å². The Morgan fingerprint density at radius 3 is 2.60 bits per heavy atom. The summed E-state index contributed by atoms with van der Waals surface area (Å²) >= 11 is 0. The molecule has 1 saturated carbocycles. The van der Waals surface area contributed by atoms with Crippen molar-refractivity contribution in [3.05, 3.63) is 71.0 Å². The van der Waals surface area contributed by atoms with E-state index in [4.69, 9.17) is 4.74 Å². The van der Waals surface area contributed by atoms with E-state index in [2.05, 4.69) is 5.32 Å². The Morgan fingerprint density at radius 2 is 1.87 bits per heavy atom. The molecule has 0 bridgehead atoms. The van der Waals surface area contributed by atoms with E-state index in [1.807, 2.05) is 23.1 Å². The molecule has 1 aliphatic heterocycles. The van der Waals surface area contributed by atoms with Crippen LogP contribution in [0.5, 0.6) is 0 Å². The fourth-order valence-corrected chi connectivity index (χ4v) is 5.10. The second-order valence-corrected chi connectivity index (χ2v) is 8.09. The first-order valence-corrected chi connectivity index (χ1v) is 10.5. The van der Waals surface area contributed by atoms with Crippen LogP contribution in [0.1, 0.15) is 53.1 Å². The van der Waals surface area contributed by atoms with Crippen LogP contribution in [0.15, 0.2) is 48.5 Å². The van der Waals surface area contributed by atoms with Crippen LogP contribution < -0.4 is 5.32 Å². The maximum atomic E-state index is 14.1. The molecule has 1 aliphatic carbocycles. The van der Waals surface area contributed by atoms with Gasteiger partial charge in [0.05, 0.1) is 18.1 Å². The van der Waals surface area contributed by atoms with Crippen LogP contribution in [0.25, 0.3) is 0 Å². The number of ether oxygens (including phenoxy) is 1. The summed E-state index contributed by atoms with van der Waals surface area (Å²) in [6.45, 7) is 0.978. The van der Waals surface area contributed by atoms with Crippen molar-refractivity contribution >= 4 is 11.8 Å². The molecule has 2 aromatic rings. The van der Waals surface area contributed by atoms with Crippen LogP contribution in [0.2, 0.25) is 0 Å².